The maximum absolute atomic E-state index is 8.75. The minimum Gasteiger partial charge on any atom is -0.396 e. The summed E-state index contributed by atoms with van der Waals surface area (Å²) in [7, 11) is 0. The minimum atomic E-state index is 0.190. The fourth-order valence-electron chi connectivity index (χ4n) is 1.53. The Balaban J connectivity index is 2.12. The van der Waals surface area contributed by atoms with Crippen LogP contribution in [0.25, 0.3) is 5.69 Å². The Kier molecular flexibility index (Phi) is 4.17. The monoisotopic (exact) mass is 249 g/mol. The van der Waals surface area contributed by atoms with E-state index in [9.17, 15) is 0 Å². The van der Waals surface area contributed by atoms with Crippen LogP contribution < -0.4 is 0 Å². The van der Waals surface area contributed by atoms with Crippen molar-refractivity contribution in [2.24, 2.45) is 0 Å². The van der Waals surface area contributed by atoms with Crippen molar-refractivity contribution in [2.75, 3.05) is 12.9 Å². The molecule has 1 heterocycles. The van der Waals surface area contributed by atoms with Gasteiger partial charge in [-0.1, -0.05) is 5.21 Å². The molecular formula is C12H15N3OS. The Morgan fingerprint density at radius 1 is 1.29 bits per heavy atom. The molecule has 4 nitrogen and oxygen atoms in total. The van der Waals surface area contributed by atoms with Gasteiger partial charge in [0.05, 0.1) is 17.6 Å². The number of rotatable bonds is 5. The molecule has 1 aromatic heterocycles. The van der Waals surface area contributed by atoms with E-state index < -0.39 is 0 Å². The van der Waals surface area contributed by atoms with Gasteiger partial charge in [-0.3, -0.25) is 0 Å². The summed E-state index contributed by atoms with van der Waals surface area (Å²) in [5.74, 6) is 0. The lowest BCUT2D eigenvalue weighted by Crippen LogP contribution is -1.94. The van der Waals surface area contributed by atoms with Gasteiger partial charge in [-0.25, -0.2) is 4.68 Å². The maximum atomic E-state index is 8.75. The molecule has 1 N–H and O–H groups in total. The number of benzene rings is 1. The first kappa shape index (κ1) is 12.1. The van der Waals surface area contributed by atoms with E-state index in [1.165, 1.54) is 4.90 Å². The third-order valence-corrected chi connectivity index (χ3v) is 3.21. The summed E-state index contributed by atoms with van der Waals surface area (Å²) >= 11 is 1.72. The van der Waals surface area contributed by atoms with Crippen molar-refractivity contribution >= 4 is 11.8 Å². The van der Waals surface area contributed by atoms with E-state index >= 15 is 0 Å². The van der Waals surface area contributed by atoms with Gasteiger partial charge >= 0.3 is 0 Å². The number of hydrogen-bond donors (Lipinski definition) is 1. The van der Waals surface area contributed by atoms with Crippen LogP contribution in [0.4, 0.5) is 0 Å². The van der Waals surface area contributed by atoms with Crippen LogP contribution in [0, 0.1) is 0 Å². The Labute approximate surface area is 105 Å². The van der Waals surface area contributed by atoms with Gasteiger partial charge in [0, 0.05) is 11.5 Å². The molecule has 0 spiro atoms. The average Bonchev–Trinajstić information content (AvgIpc) is 2.85. The van der Waals surface area contributed by atoms with Crippen LogP contribution in [0.5, 0.6) is 0 Å². The molecule has 0 aliphatic rings. The number of aromatic nitrogens is 3. The highest BCUT2D eigenvalue weighted by Crippen LogP contribution is 2.16. The minimum absolute atomic E-state index is 0.190. The Bertz CT molecular complexity index is 467. The van der Waals surface area contributed by atoms with Crippen LogP contribution in [-0.2, 0) is 6.42 Å². The SMILES string of the molecule is CSc1ccc(-n2cc(CCCO)nn2)cc1. The molecule has 1 aromatic carbocycles. The molecule has 90 valence electrons. The summed E-state index contributed by atoms with van der Waals surface area (Å²) in [5, 5.41) is 16.9. The quantitative estimate of drug-likeness (QED) is 0.822. The number of aliphatic hydroxyl groups is 1. The summed E-state index contributed by atoms with van der Waals surface area (Å²) in [6, 6.07) is 8.18. The van der Waals surface area contributed by atoms with E-state index in [1.807, 2.05) is 18.3 Å². The zero-order chi connectivity index (χ0) is 12.1. The molecule has 0 atom stereocenters. The number of aliphatic hydroxyl groups excluding tert-OH is 1. The Morgan fingerprint density at radius 2 is 2.06 bits per heavy atom. The molecule has 0 aliphatic carbocycles. The molecule has 17 heavy (non-hydrogen) atoms. The summed E-state index contributed by atoms with van der Waals surface area (Å²) in [4.78, 5) is 1.23. The van der Waals surface area contributed by atoms with Crippen molar-refractivity contribution in [1.82, 2.24) is 15.0 Å². The van der Waals surface area contributed by atoms with Crippen LogP contribution >= 0.6 is 11.8 Å². The van der Waals surface area contributed by atoms with E-state index in [0.29, 0.717) is 0 Å². The smallest absolute Gasteiger partial charge is 0.0832 e. The standard InChI is InChI=1S/C12H15N3OS/c1-17-12-6-4-11(5-7-12)15-9-10(13-14-15)3-2-8-16/h4-7,9,16H,2-3,8H2,1H3. The molecule has 0 saturated heterocycles. The summed E-state index contributed by atoms with van der Waals surface area (Å²) in [5.41, 5.74) is 1.92. The van der Waals surface area contributed by atoms with E-state index in [1.54, 1.807) is 16.4 Å². The summed E-state index contributed by atoms with van der Waals surface area (Å²) < 4.78 is 1.76. The van der Waals surface area contributed by atoms with Gasteiger partial charge in [0.1, 0.15) is 0 Å². The number of thioether (sulfide) groups is 1. The highest BCUT2D eigenvalue weighted by Gasteiger charge is 2.02. The van der Waals surface area contributed by atoms with Gasteiger partial charge in [0.2, 0.25) is 0 Å². The van der Waals surface area contributed by atoms with E-state index in [4.69, 9.17) is 5.11 Å². The Morgan fingerprint density at radius 3 is 2.71 bits per heavy atom. The molecule has 0 fully saturated rings. The molecule has 0 unspecified atom stereocenters. The Hall–Kier alpha value is -1.33. The van der Waals surface area contributed by atoms with Gasteiger partial charge in [0.25, 0.3) is 0 Å². The van der Waals surface area contributed by atoms with E-state index in [0.717, 1.165) is 24.2 Å². The molecule has 2 aromatic rings. The van der Waals surface area contributed by atoms with E-state index in [2.05, 4.69) is 28.7 Å². The van der Waals surface area contributed by atoms with Crippen LogP contribution in [0.2, 0.25) is 0 Å². The molecule has 0 bridgehead atoms. The van der Waals surface area contributed by atoms with Crippen molar-refractivity contribution in [2.45, 2.75) is 17.7 Å². The lowest BCUT2D eigenvalue weighted by molar-refractivity contribution is 0.288. The van der Waals surface area contributed by atoms with Crippen LogP contribution in [-0.4, -0.2) is 33.0 Å². The lowest BCUT2D eigenvalue weighted by Gasteiger charge is -2.00. The van der Waals surface area contributed by atoms with Crippen LogP contribution in [0.3, 0.4) is 0 Å². The fraction of sp³-hybridized carbons (Fsp3) is 0.333. The number of hydrogen-bond acceptors (Lipinski definition) is 4. The highest BCUT2D eigenvalue weighted by atomic mass is 32.2. The number of nitrogens with zero attached hydrogens (tertiary/aromatic N) is 3. The van der Waals surface area contributed by atoms with Gasteiger partial charge < -0.3 is 5.11 Å². The van der Waals surface area contributed by atoms with Gasteiger partial charge in [0.15, 0.2) is 0 Å². The van der Waals surface area contributed by atoms with Crippen molar-refractivity contribution in [3.05, 3.63) is 36.2 Å². The fourth-order valence-corrected chi connectivity index (χ4v) is 1.94. The largest absolute Gasteiger partial charge is 0.396 e. The zero-order valence-electron chi connectivity index (χ0n) is 9.71. The van der Waals surface area contributed by atoms with Crippen molar-refractivity contribution in [3.8, 4) is 5.69 Å². The lowest BCUT2D eigenvalue weighted by atomic mass is 10.2. The van der Waals surface area contributed by atoms with Crippen molar-refractivity contribution < 1.29 is 5.11 Å². The first-order valence-electron chi connectivity index (χ1n) is 5.50. The predicted molar refractivity (Wildman–Crippen MR) is 68.5 cm³/mol. The number of aryl methyl sites for hydroxylation is 1. The first-order valence-corrected chi connectivity index (χ1v) is 6.72. The second kappa shape index (κ2) is 5.84. The van der Waals surface area contributed by atoms with E-state index in [-0.39, 0.29) is 6.61 Å². The van der Waals surface area contributed by atoms with Gasteiger partial charge in [-0.2, -0.15) is 0 Å². The normalized spacial score (nSPS) is 10.7. The molecule has 0 radical (unpaired) electrons. The first-order chi connectivity index (χ1) is 8.33. The average molecular weight is 249 g/mol. The van der Waals surface area contributed by atoms with Crippen LogP contribution in [0.15, 0.2) is 35.4 Å². The zero-order valence-corrected chi connectivity index (χ0v) is 10.5. The van der Waals surface area contributed by atoms with Gasteiger partial charge in [-0.15, -0.1) is 16.9 Å². The second-order valence-electron chi connectivity index (χ2n) is 3.68. The molecular weight excluding hydrogens is 234 g/mol. The molecule has 2 rings (SSSR count). The van der Waals surface area contributed by atoms with Gasteiger partial charge in [-0.05, 0) is 43.4 Å². The molecule has 0 amide bonds. The third kappa shape index (κ3) is 3.08. The summed E-state index contributed by atoms with van der Waals surface area (Å²) in [6.07, 6.45) is 5.45. The predicted octanol–water partition coefficient (Wildman–Crippen LogP) is 1.91. The van der Waals surface area contributed by atoms with Crippen molar-refractivity contribution in [3.63, 3.8) is 0 Å². The second-order valence-corrected chi connectivity index (χ2v) is 4.56. The topological polar surface area (TPSA) is 50.9 Å². The molecule has 0 aliphatic heterocycles. The third-order valence-electron chi connectivity index (χ3n) is 2.47. The van der Waals surface area contributed by atoms with Crippen molar-refractivity contribution in [1.29, 1.82) is 0 Å². The molecule has 5 heteroatoms. The van der Waals surface area contributed by atoms with Crippen LogP contribution in [0.1, 0.15) is 12.1 Å². The highest BCUT2D eigenvalue weighted by molar-refractivity contribution is 7.98. The maximum Gasteiger partial charge on any atom is 0.0832 e. The molecule has 0 saturated carbocycles. The summed E-state index contributed by atoms with van der Waals surface area (Å²) in [6.45, 7) is 0.190.